The van der Waals surface area contributed by atoms with Gasteiger partial charge in [-0.05, 0) is 88.3 Å². The number of nitrogens with two attached hydrogens (primary N) is 2. The Balaban J connectivity index is 0.000000611. The van der Waals surface area contributed by atoms with Crippen molar-refractivity contribution in [3.63, 3.8) is 0 Å². The van der Waals surface area contributed by atoms with Gasteiger partial charge in [0.25, 0.3) is 0 Å². The fourth-order valence-electron chi connectivity index (χ4n) is 5.03. The number of nitrogens with zero attached hydrogens (tertiary/aromatic N) is 2. The summed E-state index contributed by atoms with van der Waals surface area (Å²) in [6.07, 6.45) is 6.31. The average Bonchev–Trinajstić information content (AvgIpc) is 2.88. The zero-order chi connectivity index (χ0) is 30.0. The number of aryl methyl sites for hydroxylation is 1. The lowest BCUT2D eigenvalue weighted by Crippen LogP contribution is -2.53. The standard InChI is InChI=1S/C24H30N4O4.C7H11N/c1-15-3-4-17-11-18(22(26)30)5-6-20(17)24(23(31)32,12-16(15)2)8-9-27-14-21(29)28-10-7-19(28)13-25;1-4-7(5-2)6(3)8/h5-6,11,19,27H,3-4,7-10,12,14H2,1-2H3,(H2,26,30)(H,31,32);4-5H,1,3,8H2,2H3/b16-15-;7-5+. The zero-order valence-electron chi connectivity index (χ0n) is 23.8. The van der Waals surface area contributed by atoms with Gasteiger partial charge in [-0.25, -0.2) is 0 Å². The summed E-state index contributed by atoms with van der Waals surface area (Å²) in [6.45, 7) is 13.9. The van der Waals surface area contributed by atoms with Crippen molar-refractivity contribution in [1.29, 1.82) is 5.26 Å². The van der Waals surface area contributed by atoms with Crippen molar-refractivity contribution in [3.8, 4) is 6.07 Å². The lowest BCUT2D eigenvalue weighted by atomic mass is 9.68. The second-order valence-corrected chi connectivity index (χ2v) is 10.3. The van der Waals surface area contributed by atoms with Crippen molar-refractivity contribution in [2.45, 2.75) is 64.3 Å². The Morgan fingerprint density at radius 1 is 1.25 bits per heavy atom. The van der Waals surface area contributed by atoms with Gasteiger partial charge in [-0.1, -0.05) is 42.5 Å². The topological polar surface area (TPSA) is 163 Å². The number of carbonyl (C=O) groups excluding carboxylic acids is 2. The van der Waals surface area contributed by atoms with Crippen LogP contribution in [0.2, 0.25) is 0 Å². The second kappa shape index (κ2) is 14.3. The highest BCUT2D eigenvalue weighted by Crippen LogP contribution is 2.40. The fraction of sp³-hybridized carbons (Fsp3) is 0.419. The largest absolute Gasteiger partial charge is 0.481 e. The number of primary amides is 1. The van der Waals surface area contributed by atoms with Crippen LogP contribution in [0.15, 0.2) is 65.9 Å². The molecule has 0 radical (unpaired) electrons. The molecule has 1 aliphatic heterocycles. The number of amides is 2. The van der Waals surface area contributed by atoms with Gasteiger partial charge in [-0.3, -0.25) is 14.4 Å². The van der Waals surface area contributed by atoms with Gasteiger partial charge < -0.3 is 26.8 Å². The number of hydrogen-bond acceptors (Lipinski definition) is 6. The molecule has 6 N–H and O–H groups in total. The lowest BCUT2D eigenvalue weighted by Gasteiger charge is -2.37. The van der Waals surface area contributed by atoms with Crippen molar-refractivity contribution in [2.24, 2.45) is 11.5 Å². The molecular formula is C31H41N5O4. The van der Waals surface area contributed by atoms with Gasteiger partial charge in [-0.2, -0.15) is 5.26 Å². The molecule has 2 atom stereocenters. The Morgan fingerprint density at radius 3 is 2.42 bits per heavy atom. The summed E-state index contributed by atoms with van der Waals surface area (Å²) in [6, 6.07) is 6.77. The van der Waals surface area contributed by atoms with Crippen molar-refractivity contribution in [3.05, 3.63) is 82.6 Å². The molecule has 40 heavy (non-hydrogen) atoms. The van der Waals surface area contributed by atoms with Gasteiger partial charge in [0.1, 0.15) is 6.04 Å². The Morgan fingerprint density at radius 2 is 1.95 bits per heavy atom. The van der Waals surface area contributed by atoms with Gasteiger partial charge in [0.15, 0.2) is 0 Å². The summed E-state index contributed by atoms with van der Waals surface area (Å²) < 4.78 is 0. The van der Waals surface area contributed by atoms with E-state index in [0.29, 0.717) is 49.2 Å². The summed E-state index contributed by atoms with van der Waals surface area (Å²) in [5.41, 5.74) is 15.2. The molecule has 0 spiro atoms. The number of likely N-dealkylation sites (tertiary alicyclic amines) is 1. The molecule has 0 saturated carbocycles. The van der Waals surface area contributed by atoms with E-state index in [1.165, 1.54) is 4.90 Å². The van der Waals surface area contributed by atoms with Gasteiger partial charge in [-0.15, -0.1) is 0 Å². The normalized spacial score (nSPS) is 22.2. The Kier molecular flexibility index (Phi) is 11.5. The molecule has 2 aliphatic rings. The van der Waals surface area contributed by atoms with Crippen LogP contribution in [-0.4, -0.2) is 53.5 Å². The van der Waals surface area contributed by atoms with E-state index in [4.69, 9.17) is 16.7 Å². The van der Waals surface area contributed by atoms with Crippen LogP contribution in [0.25, 0.3) is 0 Å². The Bertz CT molecular complexity index is 1270. The van der Waals surface area contributed by atoms with Crippen molar-refractivity contribution >= 4 is 17.8 Å². The number of fused-ring (bicyclic) bond motifs is 1. The van der Waals surface area contributed by atoms with Gasteiger partial charge >= 0.3 is 5.97 Å². The number of carboxylic acids is 1. The predicted molar refractivity (Wildman–Crippen MR) is 156 cm³/mol. The molecule has 1 aromatic carbocycles. The number of rotatable bonds is 9. The van der Waals surface area contributed by atoms with Crippen LogP contribution < -0.4 is 16.8 Å². The molecule has 0 aromatic heterocycles. The fourth-order valence-corrected chi connectivity index (χ4v) is 5.03. The number of carbonyl (C=O) groups is 3. The number of nitrogens with one attached hydrogen (secondary N) is 1. The third-order valence-electron chi connectivity index (χ3n) is 7.78. The van der Waals surface area contributed by atoms with E-state index in [1.807, 2.05) is 26.8 Å². The number of carboxylic acid groups (broad SMARTS) is 1. The predicted octanol–water partition coefficient (Wildman–Crippen LogP) is 3.48. The molecular weight excluding hydrogens is 506 g/mol. The van der Waals surface area contributed by atoms with Gasteiger partial charge in [0, 0.05) is 17.8 Å². The van der Waals surface area contributed by atoms with E-state index in [-0.39, 0.29) is 24.9 Å². The molecule has 2 unspecified atom stereocenters. The van der Waals surface area contributed by atoms with Crippen LogP contribution in [0.4, 0.5) is 0 Å². The molecule has 1 heterocycles. The number of benzene rings is 1. The van der Waals surface area contributed by atoms with Crippen LogP contribution in [0.1, 0.15) is 67.9 Å². The third-order valence-corrected chi connectivity index (χ3v) is 7.78. The quantitative estimate of drug-likeness (QED) is 0.209. The second-order valence-electron chi connectivity index (χ2n) is 10.3. The molecule has 2 amide bonds. The highest BCUT2D eigenvalue weighted by molar-refractivity contribution is 5.93. The molecule has 9 nitrogen and oxygen atoms in total. The maximum atomic E-state index is 12.7. The van der Waals surface area contributed by atoms with Crippen LogP contribution in [0, 0.1) is 11.3 Å². The summed E-state index contributed by atoms with van der Waals surface area (Å²) in [5, 5.41) is 22.5. The van der Waals surface area contributed by atoms with Crippen LogP contribution >= 0.6 is 0 Å². The number of aliphatic carboxylic acids is 1. The first-order valence-electron chi connectivity index (χ1n) is 13.4. The van der Waals surface area contributed by atoms with Crippen molar-refractivity contribution < 1.29 is 19.5 Å². The number of allylic oxidation sites excluding steroid dienone is 4. The molecule has 9 heteroatoms. The van der Waals surface area contributed by atoms with E-state index in [2.05, 4.69) is 24.5 Å². The van der Waals surface area contributed by atoms with Gasteiger partial charge in [0.2, 0.25) is 11.8 Å². The molecule has 3 rings (SSSR count). The Labute approximate surface area is 236 Å². The van der Waals surface area contributed by atoms with Gasteiger partial charge in [0.05, 0.1) is 18.0 Å². The summed E-state index contributed by atoms with van der Waals surface area (Å²) >= 11 is 0. The van der Waals surface area contributed by atoms with Crippen molar-refractivity contribution in [2.75, 3.05) is 19.6 Å². The third kappa shape index (κ3) is 7.48. The first-order chi connectivity index (χ1) is 18.9. The maximum absolute atomic E-state index is 12.7. The first kappa shape index (κ1) is 32.1. The summed E-state index contributed by atoms with van der Waals surface area (Å²) in [7, 11) is 0. The SMILES string of the molecule is C/C1=C(\C)CC(CCNCC(=O)N2CCC2C#N)(C(=O)O)c2ccc(C(N)=O)cc2CC1.C=C/C(=C\C)C(=C)N. The lowest BCUT2D eigenvalue weighted by molar-refractivity contribution is -0.144. The smallest absolute Gasteiger partial charge is 0.314 e. The Hall–Kier alpha value is -4.16. The minimum absolute atomic E-state index is 0.0647. The minimum atomic E-state index is -1.18. The van der Waals surface area contributed by atoms with Crippen molar-refractivity contribution in [1.82, 2.24) is 10.2 Å². The first-order valence-corrected chi connectivity index (χ1v) is 13.4. The molecule has 1 aromatic rings. The van der Waals surface area contributed by atoms with Crippen LogP contribution in [0.3, 0.4) is 0 Å². The maximum Gasteiger partial charge on any atom is 0.314 e. The molecule has 1 fully saturated rings. The van der Waals surface area contributed by atoms with E-state index < -0.39 is 17.3 Å². The monoisotopic (exact) mass is 547 g/mol. The molecule has 1 aliphatic carbocycles. The minimum Gasteiger partial charge on any atom is -0.481 e. The molecule has 0 bridgehead atoms. The number of hydrogen-bond donors (Lipinski definition) is 4. The molecule has 214 valence electrons. The summed E-state index contributed by atoms with van der Waals surface area (Å²) in [4.78, 5) is 38.2. The highest BCUT2D eigenvalue weighted by atomic mass is 16.4. The average molecular weight is 548 g/mol. The van der Waals surface area contributed by atoms with E-state index in [0.717, 1.165) is 28.7 Å². The zero-order valence-corrected chi connectivity index (χ0v) is 23.8. The van der Waals surface area contributed by atoms with E-state index in [9.17, 15) is 19.5 Å². The molecule has 1 saturated heterocycles. The number of nitriles is 1. The highest BCUT2D eigenvalue weighted by Gasteiger charge is 2.42. The van der Waals surface area contributed by atoms with Crippen LogP contribution in [-0.2, 0) is 21.4 Å². The van der Waals surface area contributed by atoms with E-state index in [1.54, 1.807) is 24.3 Å². The van der Waals surface area contributed by atoms with Crippen LogP contribution in [0.5, 0.6) is 0 Å². The summed E-state index contributed by atoms with van der Waals surface area (Å²) in [5.74, 6) is -1.62. The van der Waals surface area contributed by atoms with E-state index >= 15 is 0 Å².